The lowest BCUT2D eigenvalue weighted by molar-refractivity contribution is 0.0713. The Hall–Kier alpha value is -3.44. The smallest absolute Gasteiger partial charge is 0.289 e. The Balaban J connectivity index is 1.22. The van der Waals surface area contributed by atoms with Gasteiger partial charge < -0.3 is 19.4 Å². The van der Waals surface area contributed by atoms with Gasteiger partial charge >= 0.3 is 0 Å². The van der Waals surface area contributed by atoms with E-state index >= 15 is 0 Å². The van der Waals surface area contributed by atoms with E-state index in [2.05, 4.69) is 21.2 Å². The maximum Gasteiger partial charge on any atom is 0.289 e. The van der Waals surface area contributed by atoms with Crippen molar-refractivity contribution in [1.82, 2.24) is 26.1 Å². The maximum absolute atomic E-state index is 12.9. The molecule has 4 rings (SSSR count). The lowest BCUT2D eigenvalue weighted by Gasteiger charge is -2.31. The highest BCUT2D eigenvalue weighted by molar-refractivity contribution is 7.80. The highest BCUT2D eigenvalue weighted by atomic mass is 32.1. The Morgan fingerprint density at radius 3 is 2.61 bits per heavy atom. The summed E-state index contributed by atoms with van der Waals surface area (Å²) in [5.74, 6) is 1.36. The number of nitrogens with zero attached hydrogens (tertiary/aromatic N) is 2. The molecule has 1 aliphatic heterocycles. The molecule has 0 atom stereocenters. The fourth-order valence-corrected chi connectivity index (χ4v) is 4.94. The molecule has 36 heavy (non-hydrogen) atoms. The van der Waals surface area contributed by atoms with Crippen LogP contribution in [0.5, 0.6) is 5.75 Å². The molecule has 0 bridgehead atoms. The number of ether oxygens (including phenoxy) is 1. The summed E-state index contributed by atoms with van der Waals surface area (Å²) in [6.07, 6.45) is 3.27. The van der Waals surface area contributed by atoms with E-state index in [-0.39, 0.29) is 28.9 Å². The summed E-state index contributed by atoms with van der Waals surface area (Å²) in [7, 11) is 0. The van der Waals surface area contributed by atoms with Crippen LogP contribution in [0.25, 0.3) is 0 Å². The average Bonchev–Trinajstić information content (AvgIpc) is 3.59. The first kappa shape index (κ1) is 25.6. The first-order valence-electron chi connectivity index (χ1n) is 11.8. The van der Waals surface area contributed by atoms with Crippen LogP contribution in [-0.4, -0.2) is 46.0 Å². The number of hydrogen-bond acceptors (Lipinski definition) is 7. The van der Waals surface area contributed by atoms with Crippen LogP contribution in [0.1, 0.15) is 64.2 Å². The van der Waals surface area contributed by atoms with E-state index in [0.29, 0.717) is 30.9 Å². The summed E-state index contributed by atoms with van der Waals surface area (Å²) >= 11 is 6.62. The summed E-state index contributed by atoms with van der Waals surface area (Å²) in [4.78, 5) is 31.8. The lowest BCUT2D eigenvalue weighted by atomic mass is 9.97. The topological polar surface area (TPSA) is 109 Å². The van der Waals surface area contributed by atoms with E-state index in [4.69, 9.17) is 21.4 Å². The summed E-state index contributed by atoms with van der Waals surface area (Å²) in [6, 6.07) is 10.9. The van der Waals surface area contributed by atoms with E-state index in [1.54, 1.807) is 17.7 Å². The minimum atomic E-state index is -0.364. The number of hydrogen-bond donors (Lipinski definition) is 3. The molecule has 0 unspecified atom stereocenters. The number of hydrazine groups is 1. The highest BCUT2D eigenvalue weighted by Gasteiger charge is 2.27. The fraction of sp³-hybridized carbons (Fsp3) is 0.360. The van der Waals surface area contributed by atoms with Crippen LogP contribution in [0, 0.1) is 0 Å². The minimum absolute atomic E-state index is 0.0199. The number of amides is 2. The van der Waals surface area contributed by atoms with Crippen LogP contribution in [0.15, 0.2) is 52.5 Å². The number of furan rings is 1. The van der Waals surface area contributed by atoms with Gasteiger partial charge in [0.25, 0.3) is 11.8 Å². The van der Waals surface area contributed by atoms with Crippen molar-refractivity contribution in [1.29, 1.82) is 0 Å². The molecule has 0 spiro atoms. The van der Waals surface area contributed by atoms with Gasteiger partial charge in [-0.3, -0.25) is 20.4 Å². The molecule has 9 nitrogen and oxygen atoms in total. The molecular weight excluding hydrogens is 498 g/mol. The van der Waals surface area contributed by atoms with E-state index < -0.39 is 0 Å². The molecule has 1 saturated heterocycles. The number of carbonyl (C=O) groups is 2. The van der Waals surface area contributed by atoms with Crippen molar-refractivity contribution in [3.05, 3.63) is 70.1 Å². The molecule has 0 radical (unpaired) electrons. The number of thiocarbonyl (C=S) groups is 1. The second-order valence-electron chi connectivity index (χ2n) is 8.67. The third-order valence-corrected chi connectivity index (χ3v) is 6.91. The second-order valence-corrected chi connectivity index (χ2v) is 9.97. The molecule has 3 aromatic rings. The van der Waals surface area contributed by atoms with Gasteiger partial charge in [-0.15, -0.1) is 11.3 Å². The Bertz CT molecular complexity index is 1170. The third-order valence-electron chi connectivity index (χ3n) is 5.65. The van der Waals surface area contributed by atoms with Crippen molar-refractivity contribution in [3.8, 4) is 5.75 Å². The number of carbonyl (C=O) groups excluding carboxylic acids is 2. The predicted octanol–water partition coefficient (Wildman–Crippen LogP) is 3.85. The molecule has 1 aromatic carbocycles. The SMILES string of the molecule is CC(C)Oc1ccc(C(=O)N2CCC(c3nc(C(=O)NNC(=S)NCc4ccco4)cs3)CC2)cc1. The van der Waals surface area contributed by atoms with Gasteiger partial charge in [-0.2, -0.15) is 0 Å². The van der Waals surface area contributed by atoms with Gasteiger partial charge in [0.2, 0.25) is 0 Å². The minimum Gasteiger partial charge on any atom is -0.491 e. The summed E-state index contributed by atoms with van der Waals surface area (Å²) in [5.41, 5.74) is 6.22. The van der Waals surface area contributed by atoms with Crippen LogP contribution in [0.3, 0.4) is 0 Å². The molecule has 1 aliphatic rings. The van der Waals surface area contributed by atoms with E-state index in [0.717, 1.165) is 29.4 Å². The largest absolute Gasteiger partial charge is 0.491 e. The quantitative estimate of drug-likeness (QED) is 0.314. The van der Waals surface area contributed by atoms with Gasteiger partial charge in [0, 0.05) is 30.0 Å². The van der Waals surface area contributed by atoms with Gasteiger partial charge in [0.05, 0.1) is 23.9 Å². The molecule has 190 valence electrons. The number of benzene rings is 1. The second kappa shape index (κ2) is 12.0. The number of nitrogens with one attached hydrogen (secondary N) is 3. The zero-order chi connectivity index (χ0) is 25.5. The fourth-order valence-electron chi connectivity index (χ4n) is 3.84. The van der Waals surface area contributed by atoms with Crippen LogP contribution in [0.4, 0.5) is 0 Å². The van der Waals surface area contributed by atoms with Crippen molar-refractivity contribution in [2.24, 2.45) is 0 Å². The molecule has 2 amide bonds. The van der Waals surface area contributed by atoms with Gasteiger partial charge in [-0.1, -0.05) is 0 Å². The molecule has 0 aliphatic carbocycles. The van der Waals surface area contributed by atoms with Crippen molar-refractivity contribution >= 4 is 40.5 Å². The summed E-state index contributed by atoms with van der Waals surface area (Å²) in [5, 5.41) is 5.86. The van der Waals surface area contributed by atoms with Crippen LogP contribution < -0.4 is 20.9 Å². The third kappa shape index (κ3) is 6.82. The van der Waals surface area contributed by atoms with Crippen molar-refractivity contribution in [3.63, 3.8) is 0 Å². The van der Waals surface area contributed by atoms with E-state index in [1.807, 2.05) is 49.1 Å². The zero-order valence-corrected chi connectivity index (χ0v) is 21.8. The van der Waals surface area contributed by atoms with Crippen molar-refractivity contribution in [2.45, 2.75) is 45.3 Å². The standard InChI is InChI=1S/C25H29N5O4S2/c1-16(2)34-19-7-5-18(6-8-19)24(32)30-11-9-17(10-12-30)23-27-21(15-36-23)22(31)28-29-25(35)26-14-20-4-3-13-33-20/h3-8,13,15-17H,9-12,14H2,1-2H3,(H,28,31)(H2,26,29,35). The number of rotatable bonds is 7. The number of piperidine rings is 1. The Morgan fingerprint density at radius 2 is 1.94 bits per heavy atom. The summed E-state index contributed by atoms with van der Waals surface area (Å²) < 4.78 is 10.9. The molecule has 11 heteroatoms. The van der Waals surface area contributed by atoms with Crippen molar-refractivity contribution < 1.29 is 18.7 Å². The van der Waals surface area contributed by atoms with Gasteiger partial charge in [0.15, 0.2) is 5.11 Å². The molecule has 2 aromatic heterocycles. The molecule has 0 saturated carbocycles. The highest BCUT2D eigenvalue weighted by Crippen LogP contribution is 2.31. The molecular formula is C25H29N5O4S2. The monoisotopic (exact) mass is 527 g/mol. The predicted molar refractivity (Wildman–Crippen MR) is 141 cm³/mol. The first-order valence-corrected chi connectivity index (χ1v) is 13.1. The average molecular weight is 528 g/mol. The van der Waals surface area contributed by atoms with E-state index in [1.165, 1.54) is 11.3 Å². The Labute approximate surface area is 219 Å². The van der Waals surface area contributed by atoms with Gasteiger partial charge in [-0.25, -0.2) is 4.98 Å². The zero-order valence-electron chi connectivity index (χ0n) is 20.2. The number of aromatic nitrogens is 1. The number of likely N-dealkylation sites (tertiary alicyclic amines) is 1. The molecule has 3 N–H and O–H groups in total. The van der Waals surface area contributed by atoms with Crippen molar-refractivity contribution in [2.75, 3.05) is 13.1 Å². The van der Waals surface area contributed by atoms with Gasteiger partial charge in [0.1, 0.15) is 17.2 Å². The maximum atomic E-state index is 12.9. The molecule has 3 heterocycles. The first-order chi connectivity index (χ1) is 17.4. The van der Waals surface area contributed by atoms with Crippen LogP contribution in [-0.2, 0) is 6.54 Å². The van der Waals surface area contributed by atoms with Gasteiger partial charge in [-0.05, 0) is 75.3 Å². The lowest BCUT2D eigenvalue weighted by Crippen LogP contribution is -2.46. The number of thiazole rings is 1. The Kier molecular flexibility index (Phi) is 8.55. The summed E-state index contributed by atoms with van der Waals surface area (Å²) in [6.45, 7) is 5.64. The normalized spacial score (nSPS) is 13.9. The molecule has 1 fully saturated rings. The van der Waals surface area contributed by atoms with Crippen LogP contribution in [0.2, 0.25) is 0 Å². The van der Waals surface area contributed by atoms with Crippen LogP contribution >= 0.6 is 23.6 Å². The van der Waals surface area contributed by atoms with E-state index in [9.17, 15) is 9.59 Å². The Morgan fingerprint density at radius 1 is 1.19 bits per heavy atom.